The molecule has 0 radical (unpaired) electrons. The van der Waals surface area contributed by atoms with Crippen LogP contribution in [0.15, 0.2) is 24.3 Å². The van der Waals surface area contributed by atoms with Crippen LogP contribution in [0.2, 0.25) is 0 Å². The molecule has 0 aliphatic heterocycles. The van der Waals surface area contributed by atoms with Crippen molar-refractivity contribution in [3.8, 4) is 6.07 Å². The lowest BCUT2D eigenvalue weighted by Crippen LogP contribution is -2.17. The summed E-state index contributed by atoms with van der Waals surface area (Å²) in [4.78, 5) is 20.7. The number of hydrogen-bond acceptors (Lipinski definition) is 4. The van der Waals surface area contributed by atoms with Gasteiger partial charge in [0.25, 0.3) is 5.91 Å². The lowest BCUT2D eigenvalue weighted by Gasteiger charge is -2.10. The van der Waals surface area contributed by atoms with Crippen molar-refractivity contribution in [3.63, 3.8) is 0 Å². The highest BCUT2D eigenvalue weighted by atomic mass is 16.1. The molecule has 1 heterocycles. The van der Waals surface area contributed by atoms with Crippen LogP contribution < -0.4 is 5.32 Å². The third kappa shape index (κ3) is 2.81. The molecule has 100 valence electrons. The van der Waals surface area contributed by atoms with Gasteiger partial charge in [-0.2, -0.15) is 5.26 Å². The number of nitriles is 1. The van der Waals surface area contributed by atoms with Gasteiger partial charge in [0.05, 0.1) is 28.6 Å². The number of nitrogens with zero attached hydrogens (tertiary/aromatic N) is 3. The Labute approximate surface area is 117 Å². The van der Waals surface area contributed by atoms with Crippen molar-refractivity contribution >= 4 is 11.6 Å². The van der Waals surface area contributed by atoms with Gasteiger partial charge in [-0.05, 0) is 39.0 Å². The van der Waals surface area contributed by atoms with E-state index in [0.29, 0.717) is 34.0 Å². The fourth-order valence-electron chi connectivity index (χ4n) is 2.07. The predicted octanol–water partition coefficient (Wildman–Crippen LogP) is 2.53. The average Bonchev–Trinajstić information content (AvgIpc) is 2.37. The van der Waals surface area contributed by atoms with E-state index >= 15 is 0 Å². The van der Waals surface area contributed by atoms with E-state index in [4.69, 9.17) is 5.26 Å². The van der Waals surface area contributed by atoms with E-state index in [0.717, 1.165) is 0 Å². The SMILES string of the molecule is Cc1nc(C)c(C(=O)Nc2cccc(C#N)c2)c(C)n1. The third-order valence-corrected chi connectivity index (χ3v) is 2.86. The Bertz CT molecular complexity index is 693. The molecule has 0 bridgehead atoms. The first kappa shape index (κ1) is 13.7. The summed E-state index contributed by atoms with van der Waals surface area (Å²) in [7, 11) is 0. The number of hydrogen-bond donors (Lipinski definition) is 1. The van der Waals surface area contributed by atoms with Crippen molar-refractivity contribution < 1.29 is 4.79 Å². The topological polar surface area (TPSA) is 78.7 Å². The van der Waals surface area contributed by atoms with Gasteiger partial charge in [-0.3, -0.25) is 4.79 Å². The maximum atomic E-state index is 12.3. The number of nitrogens with one attached hydrogen (secondary N) is 1. The highest BCUT2D eigenvalue weighted by molar-refractivity contribution is 6.05. The number of aryl methyl sites for hydroxylation is 3. The van der Waals surface area contributed by atoms with E-state index in [9.17, 15) is 4.79 Å². The Hall–Kier alpha value is -2.74. The average molecular weight is 266 g/mol. The zero-order valence-electron chi connectivity index (χ0n) is 11.6. The number of rotatable bonds is 2. The van der Waals surface area contributed by atoms with Crippen LogP contribution in [-0.2, 0) is 0 Å². The fraction of sp³-hybridized carbons (Fsp3) is 0.200. The second-order valence-corrected chi connectivity index (χ2v) is 4.46. The van der Waals surface area contributed by atoms with Gasteiger partial charge in [-0.25, -0.2) is 9.97 Å². The van der Waals surface area contributed by atoms with Gasteiger partial charge in [0.2, 0.25) is 0 Å². The summed E-state index contributed by atoms with van der Waals surface area (Å²) < 4.78 is 0. The van der Waals surface area contributed by atoms with Crippen molar-refractivity contribution in [2.45, 2.75) is 20.8 Å². The monoisotopic (exact) mass is 266 g/mol. The minimum absolute atomic E-state index is 0.268. The lowest BCUT2D eigenvalue weighted by atomic mass is 10.1. The summed E-state index contributed by atoms with van der Waals surface area (Å²) in [6.07, 6.45) is 0. The molecule has 0 aliphatic rings. The summed E-state index contributed by atoms with van der Waals surface area (Å²) in [6.45, 7) is 5.35. The van der Waals surface area contributed by atoms with Gasteiger partial charge in [0.1, 0.15) is 5.82 Å². The Kier molecular flexibility index (Phi) is 3.76. The molecule has 0 unspecified atom stereocenters. The Morgan fingerprint density at radius 1 is 1.20 bits per heavy atom. The number of carbonyl (C=O) groups is 1. The first-order valence-electron chi connectivity index (χ1n) is 6.14. The molecule has 1 amide bonds. The van der Waals surface area contributed by atoms with Gasteiger partial charge >= 0.3 is 0 Å². The number of carbonyl (C=O) groups excluding carboxylic acids is 1. The molecule has 0 saturated heterocycles. The number of benzene rings is 1. The second-order valence-electron chi connectivity index (χ2n) is 4.46. The molecule has 5 heteroatoms. The molecule has 1 N–H and O–H groups in total. The Balaban J connectivity index is 2.31. The predicted molar refractivity (Wildman–Crippen MR) is 75.4 cm³/mol. The molecular formula is C15H14N4O. The number of amides is 1. The molecule has 20 heavy (non-hydrogen) atoms. The molecule has 0 spiro atoms. The maximum Gasteiger partial charge on any atom is 0.259 e. The van der Waals surface area contributed by atoms with E-state index in [1.807, 2.05) is 6.07 Å². The summed E-state index contributed by atoms with van der Waals surface area (Å²) in [6, 6.07) is 8.80. The summed E-state index contributed by atoms with van der Waals surface area (Å²) in [5.41, 5.74) is 2.83. The minimum atomic E-state index is -0.268. The molecule has 0 saturated carbocycles. The zero-order valence-corrected chi connectivity index (χ0v) is 11.6. The molecule has 2 aromatic rings. The second kappa shape index (κ2) is 5.49. The van der Waals surface area contributed by atoms with Crippen molar-refractivity contribution in [1.82, 2.24) is 9.97 Å². The highest BCUT2D eigenvalue weighted by Crippen LogP contribution is 2.15. The van der Waals surface area contributed by atoms with E-state index in [1.165, 1.54) is 0 Å². The van der Waals surface area contributed by atoms with Gasteiger partial charge < -0.3 is 5.32 Å². The van der Waals surface area contributed by atoms with E-state index in [-0.39, 0.29) is 5.91 Å². The van der Waals surface area contributed by atoms with Crippen LogP contribution in [0.3, 0.4) is 0 Å². The van der Waals surface area contributed by atoms with Crippen molar-refractivity contribution in [2.75, 3.05) is 5.32 Å². The van der Waals surface area contributed by atoms with Gasteiger partial charge in [-0.1, -0.05) is 6.07 Å². The molecule has 0 fully saturated rings. The van der Waals surface area contributed by atoms with E-state index in [1.54, 1.807) is 45.0 Å². The molecule has 5 nitrogen and oxygen atoms in total. The van der Waals surface area contributed by atoms with Gasteiger partial charge in [-0.15, -0.1) is 0 Å². The van der Waals surface area contributed by atoms with Crippen molar-refractivity contribution in [1.29, 1.82) is 5.26 Å². The van der Waals surface area contributed by atoms with Crippen LogP contribution in [0.4, 0.5) is 5.69 Å². The van der Waals surface area contributed by atoms with Crippen LogP contribution in [0.1, 0.15) is 33.1 Å². The number of anilines is 1. The quantitative estimate of drug-likeness (QED) is 0.905. The van der Waals surface area contributed by atoms with E-state index < -0.39 is 0 Å². The minimum Gasteiger partial charge on any atom is -0.322 e. The summed E-state index contributed by atoms with van der Waals surface area (Å²) in [5, 5.41) is 11.6. The fourth-order valence-corrected chi connectivity index (χ4v) is 2.07. The Morgan fingerprint density at radius 3 is 2.45 bits per heavy atom. The van der Waals surface area contributed by atoms with Crippen LogP contribution >= 0.6 is 0 Å². The van der Waals surface area contributed by atoms with E-state index in [2.05, 4.69) is 15.3 Å². The van der Waals surface area contributed by atoms with Crippen LogP contribution in [-0.4, -0.2) is 15.9 Å². The highest BCUT2D eigenvalue weighted by Gasteiger charge is 2.15. The lowest BCUT2D eigenvalue weighted by molar-refractivity contribution is 0.102. The standard InChI is InChI=1S/C15H14N4O/c1-9-14(10(2)18-11(3)17-9)15(20)19-13-6-4-5-12(7-13)8-16/h4-7H,1-3H3,(H,19,20). The molecular weight excluding hydrogens is 252 g/mol. The maximum absolute atomic E-state index is 12.3. The van der Waals surface area contributed by atoms with Crippen LogP contribution in [0.25, 0.3) is 0 Å². The largest absolute Gasteiger partial charge is 0.322 e. The first-order valence-corrected chi connectivity index (χ1v) is 6.14. The zero-order chi connectivity index (χ0) is 14.7. The molecule has 2 rings (SSSR count). The number of aromatic nitrogens is 2. The molecule has 0 aliphatic carbocycles. The van der Waals surface area contributed by atoms with Crippen LogP contribution in [0.5, 0.6) is 0 Å². The summed E-state index contributed by atoms with van der Waals surface area (Å²) >= 11 is 0. The van der Waals surface area contributed by atoms with Crippen LogP contribution in [0, 0.1) is 32.1 Å². The van der Waals surface area contributed by atoms with Crippen molar-refractivity contribution in [2.24, 2.45) is 0 Å². The Morgan fingerprint density at radius 2 is 1.85 bits per heavy atom. The van der Waals surface area contributed by atoms with Crippen molar-refractivity contribution in [3.05, 3.63) is 52.6 Å². The summed E-state index contributed by atoms with van der Waals surface area (Å²) in [5.74, 6) is 0.373. The first-order chi connectivity index (χ1) is 9.51. The molecule has 1 aromatic carbocycles. The molecule has 0 atom stereocenters. The molecule has 1 aromatic heterocycles. The smallest absolute Gasteiger partial charge is 0.259 e. The van der Waals surface area contributed by atoms with Gasteiger partial charge in [0, 0.05) is 5.69 Å². The van der Waals surface area contributed by atoms with Gasteiger partial charge in [0.15, 0.2) is 0 Å². The third-order valence-electron chi connectivity index (χ3n) is 2.86. The normalized spacial score (nSPS) is 9.90.